The van der Waals surface area contributed by atoms with E-state index in [1.807, 2.05) is 0 Å². The molecule has 2 heterocycles. The molecule has 13 heteroatoms. The van der Waals surface area contributed by atoms with Crippen molar-refractivity contribution in [3.8, 4) is 5.75 Å². The molecule has 1 saturated heterocycles. The number of halogens is 3. The zero-order valence-corrected chi connectivity index (χ0v) is 20.2. The Balaban J connectivity index is 1.89. The van der Waals surface area contributed by atoms with E-state index in [4.69, 9.17) is 4.18 Å². The summed E-state index contributed by atoms with van der Waals surface area (Å²) in [6.45, 7) is 0.0470. The fourth-order valence-electron chi connectivity index (χ4n) is 4.61. The third kappa shape index (κ3) is 5.52. The van der Waals surface area contributed by atoms with E-state index in [2.05, 4.69) is 10.2 Å². The molecule has 9 nitrogen and oxygen atoms in total. The quantitative estimate of drug-likeness (QED) is 0.444. The van der Waals surface area contributed by atoms with Crippen LogP contribution in [0.25, 0.3) is 0 Å². The molecule has 196 valence electrons. The summed E-state index contributed by atoms with van der Waals surface area (Å²) in [7, 11) is -4.25. The molecule has 1 aromatic heterocycles. The van der Waals surface area contributed by atoms with Crippen LogP contribution < -0.4 is 5.43 Å². The molecule has 3 atom stereocenters. The van der Waals surface area contributed by atoms with Gasteiger partial charge in [0.15, 0.2) is 23.1 Å². The van der Waals surface area contributed by atoms with E-state index in [9.17, 15) is 31.9 Å². The molecule has 0 spiro atoms. The van der Waals surface area contributed by atoms with Gasteiger partial charge in [-0.05, 0) is 36.6 Å². The number of amides is 1. The van der Waals surface area contributed by atoms with Crippen LogP contribution in [0.3, 0.4) is 0 Å². The lowest BCUT2D eigenvalue weighted by molar-refractivity contribution is 0.0525. The van der Waals surface area contributed by atoms with E-state index < -0.39 is 68.4 Å². The molecule has 2 unspecified atom stereocenters. The number of carbonyl (C=O) groups excluding carboxylic acids is 1. The Bertz CT molecular complexity index is 1500. The number of likely N-dealkylation sites (tertiary alicyclic amines) is 1. The third-order valence-electron chi connectivity index (χ3n) is 6.11. The lowest BCUT2D eigenvalue weighted by Crippen LogP contribution is -2.48. The Morgan fingerprint density at radius 1 is 1.22 bits per heavy atom. The number of nitrogens with one attached hydrogen (secondary N) is 1. The average Bonchev–Trinajstić information content (AvgIpc) is 3.32. The molecule has 1 fully saturated rings. The highest BCUT2D eigenvalue weighted by Crippen LogP contribution is 2.39. The van der Waals surface area contributed by atoms with Crippen LogP contribution in [0.15, 0.2) is 53.5 Å². The monoisotopic (exact) mass is 537 g/mol. The van der Waals surface area contributed by atoms with Gasteiger partial charge in [0.05, 0.1) is 18.5 Å². The first-order valence-electron chi connectivity index (χ1n) is 11.1. The summed E-state index contributed by atoms with van der Waals surface area (Å²) < 4.78 is 73.8. The molecule has 1 amide bonds. The number of benzene rings is 2. The molecule has 0 saturated carbocycles. The second-order valence-corrected chi connectivity index (χ2v) is 10.2. The van der Waals surface area contributed by atoms with Gasteiger partial charge in [-0.3, -0.25) is 18.9 Å². The van der Waals surface area contributed by atoms with Gasteiger partial charge in [0.1, 0.15) is 11.9 Å². The number of carbonyl (C=O) groups is 1. The van der Waals surface area contributed by atoms with Crippen molar-refractivity contribution in [2.75, 3.05) is 12.8 Å². The Morgan fingerprint density at radius 3 is 2.65 bits per heavy atom. The summed E-state index contributed by atoms with van der Waals surface area (Å²) >= 11 is 0. The number of aromatic amines is 1. The number of aromatic hydroxyl groups is 1. The van der Waals surface area contributed by atoms with Gasteiger partial charge in [-0.2, -0.15) is 13.5 Å². The Kier molecular flexibility index (Phi) is 7.37. The third-order valence-corrected chi connectivity index (χ3v) is 6.68. The van der Waals surface area contributed by atoms with Crippen molar-refractivity contribution in [2.24, 2.45) is 0 Å². The molecule has 1 aliphatic rings. The number of hydrogen-bond acceptors (Lipinski definition) is 7. The molecule has 0 radical (unpaired) electrons. The van der Waals surface area contributed by atoms with Gasteiger partial charge in [-0.15, -0.1) is 0 Å². The molecular weight excluding hydrogens is 515 g/mol. The number of nitrogens with zero attached hydrogens (tertiary/aromatic N) is 2. The van der Waals surface area contributed by atoms with Crippen LogP contribution in [-0.4, -0.2) is 59.5 Å². The molecule has 37 heavy (non-hydrogen) atoms. The summed E-state index contributed by atoms with van der Waals surface area (Å²) in [6.07, 6.45) is 0.607. The first-order valence-corrected chi connectivity index (χ1v) is 12.9. The summed E-state index contributed by atoms with van der Waals surface area (Å²) in [5.74, 6) is -6.29. The smallest absolute Gasteiger partial charge is 0.278 e. The first-order chi connectivity index (χ1) is 17.5. The lowest BCUT2D eigenvalue weighted by Gasteiger charge is -2.36. The number of H-pyrrole nitrogens is 1. The summed E-state index contributed by atoms with van der Waals surface area (Å²) in [4.78, 5) is 26.8. The number of rotatable bonds is 7. The van der Waals surface area contributed by atoms with Crippen LogP contribution in [0.5, 0.6) is 5.75 Å². The van der Waals surface area contributed by atoms with Crippen LogP contribution in [0.1, 0.15) is 40.4 Å². The number of hydrogen-bond donors (Lipinski definition) is 2. The predicted molar refractivity (Wildman–Crippen MR) is 125 cm³/mol. The lowest BCUT2D eigenvalue weighted by atomic mass is 9.82. The average molecular weight is 538 g/mol. The summed E-state index contributed by atoms with van der Waals surface area (Å²) in [6, 6.07) is 7.11. The van der Waals surface area contributed by atoms with Crippen LogP contribution >= 0.6 is 0 Å². The molecule has 0 aliphatic carbocycles. The predicted octanol–water partition coefficient (Wildman–Crippen LogP) is 2.67. The van der Waals surface area contributed by atoms with Gasteiger partial charge in [0.25, 0.3) is 21.5 Å². The summed E-state index contributed by atoms with van der Waals surface area (Å²) in [5.41, 5.74) is -1.94. The van der Waals surface area contributed by atoms with E-state index in [-0.39, 0.29) is 24.1 Å². The van der Waals surface area contributed by atoms with E-state index in [1.54, 1.807) is 0 Å². The zero-order valence-electron chi connectivity index (χ0n) is 19.4. The largest absolute Gasteiger partial charge is 0.503 e. The van der Waals surface area contributed by atoms with E-state index in [0.29, 0.717) is 6.42 Å². The molecule has 4 rings (SSSR count). The minimum absolute atomic E-state index is 0.0470. The van der Waals surface area contributed by atoms with Crippen LogP contribution in [0.2, 0.25) is 0 Å². The normalized spacial score (nSPS) is 17.5. The Labute approximate surface area is 209 Å². The standard InChI is InChI=1S/C24H22F3N3O6S/c1-37(34,35)36-23(17-9-4-10-30(17)24(33)21-22(32)18(31)12-28-29-21)19(13-5-2-6-14(25)11-13)15-7-3-8-16(26)20(15)27/h2-3,5-8,11-12,17,19,23H,4,9-10H2,1H3,(H,28,32)(H,29,31)/t17-,19?,23?/m1/s1. The van der Waals surface area contributed by atoms with E-state index in [0.717, 1.165) is 35.6 Å². The molecule has 3 aromatic rings. The van der Waals surface area contributed by atoms with Gasteiger partial charge in [0, 0.05) is 18.0 Å². The van der Waals surface area contributed by atoms with Crippen molar-refractivity contribution < 1.29 is 35.7 Å². The van der Waals surface area contributed by atoms with E-state index >= 15 is 4.39 Å². The van der Waals surface area contributed by atoms with Crippen LogP contribution in [0.4, 0.5) is 13.2 Å². The van der Waals surface area contributed by atoms with Crippen molar-refractivity contribution in [1.82, 2.24) is 15.1 Å². The minimum atomic E-state index is -4.25. The topological polar surface area (TPSA) is 130 Å². The minimum Gasteiger partial charge on any atom is -0.503 e. The SMILES string of the molecule is CS(=O)(=O)OC(C(c1cccc(F)c1)c1cccc(F)c1F)[C@H]1CCCN1C(=O)c1n[nH]cc(O)c1=O. The maximum Gasteiger partial charge on any atom is 0.278 e. The maximum absolute atomic E-state index is 15.1. The highest BCUT2D eigenvalue weighted by molar-refractivity contribution is 7.86. The van der Waals surface area contributed by atoms with Crippen molar-refractivity contribution in [3.05, 3.63) is 93.2 Å². The van der Waals surface area contributed by atoms with Gasteiger partial charge in [-0.25, -0.2) is 13.2 Å². The van der Waals surface area contributed by atoms with E-state index in [1.165, 1.54) is 24.3 Å². The number of aromatic nitrogens is 2. The summed E-state index contributed by atoms with van der Waals surface area (Å²) in [5, 5.41) is 15.6. The highest BCUT2D eigenvalue weighted by atomic mass is 32.2. The van der Waals surface area contributed by atoms with Gasteiger partial charge in [-0.1, -0.05) is 24.3 Å². The molecule has 2 aromatic carbocycles. The first kappa shape index (κ1) is 26.4. The molecule has 0 bridgehead atoms. The zero-order chi connectivity index (χ0) is 26.9. The van der Waals surface area contributed by atoms with Crippen molar-refractivity contribution in [2.45, 2.75) is 30.9 Å². The Morgan fingerprint density at radius 2 is 1.95 bits per heavy atom. The Hall–Kier alpha value is -3.71. The molecule has 2 N–H and O–H groups in total. The second-order valence-electron chi connectivity index (χ2n) is 8.60. The molecular formula is C24H22F3N3O6S. The second kappa shape index (κ2) is 10.3. The van der Waals surface area contributed by atoms with Crippen molar-refractivity contribution in [3.63, 3.8) is 0 Å². The maximum atomic E-state index is 15.1. The van der Waals surface area contributed by atoms with Crippen molar-refractivity contribution in [1.29, 1.82) is 0 Å². The molecule has 1 aliphatic heterocycles. The van der Waals surface area contributed by atoms with Gasteiger partial charge < -0.3 is 10.0 Å². The van der Waals surface area contributed by atoms with Crippen LogP contribution in [0, 0.1) is 17.5 Å². The van der Waals surface area contributed by atoms with Gasteiger partial charge in [0.2, 0.25) is 0 Å². The van der Waals surface area contributed by atoms with Gasteiger partial charge >= 0.3 is 0 Å². The van der Waals surface area contributed by atoms with Crippen molar-refractivity contribution >= 4 is 16.0 Å². The fraction of sp³-hybridized carbons (Fsp3) is 0.292. The van der Waals surface area contributed by atoms with Crippen LogP contribution in [-0.2, 0) is 14.3 Å². The fourth-order valence-corrected chi connectivity index (χ4v) is 5.26. The highest BCUT2D eigenvalue weighted by Gasteiger charge is 2.44.